The first kappa shape index (κ1) is 20.7. The van der Waals surface area contributed by atoms with Gasteiger partial charge in [0.2, 0.25) is 0 Å². The molecule has 162 valence electrons. The molecule has 5 rings (SSSR count). The van der Waals surface area contributed by atoms with E-state index in [2.05, 4.69) is 43.1 Å². The fourth-order valence-electron chi connectivity index (χ4n) is 5.93. The fourth-order valence-corrected chi connectivity index (χ4v) is 5.93. The maximum Gasteiger partial charge on any atom is 0.276 e. The van der Waals surface area contributed by atoms with Gasteiger partial charge in [0.25, 0.3) is 11.8 Å². The highest BCUT2D eigenvalue weighted by atomic mass is 16.2. The zero-order valence-electron chi connectivity index (χ0n) is 18.6. The van der Waals surface area contributed by atoms with Crippen LogP contribution in [0, 0.1) is 0 Å². The van der Waals surface area contributed by atoms with Crippen LogP contribution in [0.15, 0.2) is 84.9 Å². The monoisotopic (exact) mass is 424 g/mol. The summed E-state index contributed by atoms with van der Waals surface area (Å²) in [7, 11) is 0. The first-order valence-corrected chi connectivity index (χ1v) is 11.5. The fraction of sp³-hybridized carbons (Fsp3) is 0.286. The Labute approximate surface area is 189 Å². The van der Waals surface area contributed by atoms with Crippen LogP contribution < -0.4 is 0 Å². The number of imide groups is 1. The third-order valence-electron chi connectivity index (χ3n) is 7.06. The van der Waals surface area contributed by atoms with Gasteiger partial charge >= 0.3 is 0 Å². The zero-order chi connectivity index (χ0) is 22.3. The van der Waals surface area contributed by atoms with E-state index in [1.54, 1.807) is 12.1 Å². The van der Waals surface area contributed by atoms with Gasteiger partial charge in [0.05, 0.1) is 22.2 Å². The topological polar surface area (TPSA) is 40.4 Å². The number of hydrazine groups is 1. The Bertz CT molecular complexity index is 1070. The number of carbonyl (C=O) groups is 2. The van der Waals surface area contributed by atoms with Crippen molar-refractivity contribution in [1.29, 1.82) is 0 Å². The number of hydrogen-bond donors (Lipinski definition) is 0. The zero-order valence-corrected chi connectivity index (χ0v) is 18.6. The highest BCUT2D eigenvalue weighted by Crippen LogP contribution is 2.70. The molecule has 0 radical (unpaired) electrons. The van der Waals surface area contributed by atoms with Gasteiger partial charge in [-0.05, 0) is 36.1 Å². The summed E-state index contributed by atoms with van der Waals surface area (Å²) in [5.74, 6) is -0.452. The molecule has 0 N–H and O–H groups in total. The highest BCUT2D eigenvalue weighted by molar-refractivity contribution is 6.21. The lowest BCUT2D eigenvalue weighted by Gasteiger charge is -2.22. The van der Waals surface area contributed by atoms with Crippen molar-refractivity contribution in [3.05, 3.63) is 107 Å². The van der Waals surface area contributed by atoms with Crippen molar-refractivity contribution in [3.63, 3.8) is 0 Å². The Morgan fingerprint density at radius 2 is 0.969 bits per heavy atom. The molecule has 0 spiro atoms. The molecule has 0 aliphatic carbocycles. The van der Waals surface area contributed by atoms with E-state index in [4.69, 9.17) is 0 Å². The van der Waals surface area contributed by atoms with E-state index in [1.165, 1.54) is 5.01 Å². The minimum absolute atomic E-state index is 0.226. The van der Waals surface area contributed by atoms with Crippen LogP contribution >= 0.6 is 0 Å². The number of carbonyl (C=O) groups excluding carboxylic acids is 2. The lowest BCUT2D eigenvalue weighted by Crippen LogP contribution is -2.40. The molecule has 4 heteroatoms. The Hall–Kier alpha value is -3.24. The van der Waals surface area contributed by atoms with Crippen molar-refractivity contribution in [1.82, 2.24) is 10.0 Å². The van der Waals surface area contributed by atoms with Crippen molar-refractivity contribution in [2.45, 2.75) is 50.6 Å². The van der Waals surface area contributed by atoms with Crippen molar-refractivity contribution in [2.24, 2.45) is 0 Å². The third kappa shape index (κ3) is 2.59. The van der Waals surface area contributed by atoms with Crippen molar-refractivity contribution < 1.29 is 9.59 Å². The van der Waals surface area contributed by atoms with Gasteiger partial charge in [-0.1, -0.05) is 99.5 Å². The molecular weight excluding hydrogens is 396 g/mol. The maximum absolute atomic E-state index is 13.6. The van der Waals surface area contributed by atoms with Crippen LogP contribution in [0.1, 0.15) is 71.4 Å². The van der Waals surface area contributed by atoms with Gasteiger partial charge in [-0.2, -0.15) is 10.0 Å². The van der Waals surface area contributed by atoms with Crippen LogP contribution in [0.5, 0.6) is 0 Å². The quantitative estimate of drug-likeness (QED) is 0.350. The van der Waals surface area contributed by atoms with E-state index >= 15 is 0 Å². The van der Waals surface area contributed by atoms with Crippen molar-refractivity contribution in [3.8, 4) is 0 Å². The second-order valence-corrected chi connectivity index (χ2v) is 8.73. The Morgan fingerprint density at radius 3 is 1.34 bits per heavy atom. The number of hydrogen-bond acceptors (Lipinski definition) is 3. The summed E-state index contributed by atoms with van der Waals surface area (Å²) in [6.07, 6.45) is 3.57. The number of benzene rings is 3. The predicted molar refractivity (Wildman–Crippen MR) is 125 cm³/mol. The van der Waals surface area contributed by atoms with Crippen LogP contribution in [0.25, 0.3) is 0 Å². The molecule has 1 saturated heterocycles. The minimum Gasteiger partial charge on any atom is -0.267 e. The lowest BCUT2D eigenvalue weighted by atomic mass is 9.77. The molecule has 4 nitrogen and oxygen atoms in total. The average Bonchev–Trinajstić information content (AvgIpc) is 3.33. The van der Waals surface area contributed by atoms with Crippen LogP contribution in [0.3, 0.4) is 0 Å². The number of nitrogens with zero attached hydrogens (tertiary/aromatic N) is 2. The predicted octanol–water partition coefficient (Wildman–Crippen LogP) is 5.90. The van der Waals surface area contributed by atoms with Crippen molar-refractivity contribution in [2.75, 3.05) is 0 Å². The van der Waals surface area contributed by atoms with Crippen LogP contribution in [-0.2, 0) is 11.1 Å². The average molecular weight is 425 g/mol. The molecule has 32 heavy (non-hydrogen) atoms. The van der Waals surface area contributed by atoms with Crippen molar-refractivity contribution >= 4 is 11.8 Å². The molecule has 0 saturated carbocycles. The molecule has 2 aliphatic rings. The molecule has 0 bridgehead atoms. The standard InChI is InChI=1S/C28H28N2O2/c1-3-19-27(21-13-7-5-8-14-21)28(20-4-2,22-15-9-6-10-16-22)30(27)29-25(31)23-17-11-12-18-24(23)26(29)32/h5-18H,3-4,19-20H2,1-2H3/t27-,28-/m1/s1. The van der Waals surface area contributed by atoms with E-state index in [1.807, 2.05) is 48.5 Å². The Balaban J connectivity index is 1.76. The highest BCUT2D eigenvalue weighted by Gasteiger charge is 2.79. The molecule has 0 aromatic heterocycles. The van der Waals surface area contributed by atoms with Crippen LogP contribution in [0.2, 0.25) is 0 Å². The van der Waals surface area contributed by atoms with E-state index in [0.29, 0.717) is 11.1 Å². The summed E-state index contributed by atoms with van der Waals surface area (Å²) in [6.45, 7) is 4.34. The molecular formula is C28H28N2O2. The first-order chi connectivity index (χ1) is 15.6. The largest absolute Gasteiger partial charge is 0.276 e. The second kappa shape index (κ2) is 7.72. The molecule has 3 aromatic rings. The van der Waals surface area contributed by atoms with E-state index < -0.39 is 11.1 Å². The summed E-state index contributed by atoms with van der Waals surface area (Å²) in [6, 6.07) is 27.9. The number of fused-ring (bicyclic) bond motifs is 1. The number of amides is 2. The van der Waals surface area contributed by atoms with Gasteiger partial charge in [0.1, 0.15) is 0 Å². The van der Waals surface area contributed by atoms with E-state index in [-0.39, 0.29) is 11.8 Å². The van der Waals surface area contributed by atoms with E-state index in [0.717, 1.165) is 36.8 Å². The van der Waals surface area contributed by atoms with Crippen LogP contribution in [0.4, 0.5) is 0 Å². The normalized spacial score (nSPS) is 26.3. The summed E-state index contributed by atoms with van der Waals surface area (Å²) in [4.78, 5) is 27.2. The molecule has 2 heterocycles. The maximum atomic E-state index is 13.6. The smallest absolute Gasteiger partial charge is 0.267 e. The third-order valence-corrected chi connectivity index (χ3v) is 7.06. The van der Waals surface area contributed by atoms with Gasteiger partial charge < -0.3 is 0 Å². The molecule has 1 fully saturated rings. The van der Waals surface area contributed by atoms with Gasteiger partial charge in [-0.25, -0.2) is 0 Å². The summed E-state index contributed by atoms with van der Waals surface area (Å²) >= 11 is 0. The summed E-state index contributed by atoms with van der Waals surface area (Å²) < 4.78 is 0. The Kier molecular flexibility index (Phi) is 4.98. The second-order valence-electron chi connectivity index (χ2n) is 8.73. The van der Waals surface area contributed by atoms with E-state index in [9.17, 15) is 9.59 Å². The van der Waals surface area contributed by atoms with Gasteiger partial charge in [0.15, 0.2) is 0 Å². The molecule has 0 unspecified atom stereocenters. The lowest BCUT2D eigenvalue weighted by molar-refractivity contribution is 0.0230. The number of rotatable bonds is 7. The SMILES string of the molecule is CCC[C@]1(c2ccccc2)N(N2C(=O)c3ccccc3C2=O)[C@]1(CCC)c1ccccc1. The van der Waals surface area contributed by atoms with Gasteiger partial charge in [0, 0.05) is 0 Å². The first-order valence-electron chi connectivity index (χ1n) is 11.5. The summed E-state index contributed by atoms with van der Waals surface area (Å²) in [5, 5.41) is 3.55. The molecule has 2 amide bonds. The molecule has 3 aromatic carbocycles. The minimum atomic E-state index is -0.465. The van der Waals surface area contributed by atoms with Crippen LogP contribution in [-0.4, -0.2) is 21.8 Å². The molecule has 2 aliphatic heterocycles. The summed E-state index contributed by atoms with van der Waals surface area (Å²) in [5.41, 5.74) is 2.34. The molecule has 2 atom stereocenters. The van der Waals surface area contributed by atoms with Gasteiger partial charge in [-0.3, -0.25) is 9.59 Å². The Morgan fingerprint density at radius 1 is 0.594 bits per heavy atom. The van der Waals surface area contributed by atoms with Gasteiger partial charge in [-0.15, -0.1) is 0 Å².